The van der Waals surface area contributed by atoms with Crippen molar-refractivity contribution in [1.29, 1.82) is 0 Å². The second-order valence-corrected chi connectivity index (χ2v) is 8.20. The van der Waals surface area contributed by atoms with Gasteiger partial charge in [-0.1, -0.05) is 44.2 Å². The second-order valence-electron chi connectivity index (χ2n) is 8.20. The Kier molecular flexibility index (Phi) is 6.23. The highest BCUT2D eigenvalue weighted by molar-refractivity contribution is 5.91. The standard InChI is InChI=1S/C24H28N4O2/c1-17(2)20-7-5-18(6-8-20)14-28(21-9-10-21)15-23-27-22(16-30-23)24(29)26-13-19-4-3-11-25-12-19/h3-8,11-12,16-17,21H,9-10,13-15H2,1-2H3,(H,26,29). The van der Waals surface area contributed by atoms with E-state index in [1.165, 1.54) is 30.2 Å². The van der Waals surface area contributed by atoms with Gasteiger partial charge in [0, 0.05) is 31.5 Å². The molecule has 2 heterocycles. The number of pyridine rings is 1. The monoisotopic (exact) mass is 404 g/mol. The maximum absolute atomic E-state index is 12.4. The van der Waals surface area contributed by atoms with Crippen LogP contribution in [0.3, 0.4) is 0 Å². The molecule has 0 atom stereocenters. The lowest BCUT2D eigenvalue weighted by molar-refractivity contribution is 0.0945. The summed E-state index contributed by atoms with van der Waals surface area (Å²) >= 11 is 0. The Labute approximate surface area is 177 Å². The number of carbonyl (C=O) groups is 1. The van der Waals surface area contributed by atoms with Gasteiger partial charge >= 0.3 is 0 Å². The Morgan fingerprint density at radius 2 is 1.97 bits per heavy atom. The van der Waals surface area contributed by atoms with E-state index in [1.54, 1.807) is 12.4 Å². The number of nitrogens with one attached hydrogen (secondary N) is 1. The van der Waals surface area contributed by atoms with Crippen molar-refractivity contribution < 1.29 is 9.21 Å². The average Bonchev–Trinajstić information content (AvgIpc) is 3.51. The van der Waals surface area contributed by atoms with Crippen LogP contribution in [0.2, 0.25) is 0 Å². The lowest BCUT2D eigenvalue weighted by Gasteiger charge is -2.20. The van der Waals surface area contributed by atoms with Crippen molar-refractivity contribution in [2.24, 2.45) is 0 Å². The van der Waals surface area contributed by atoms with E-state index in [0.717, 1.165) is 12.1 Å². The number of aromatic nitrogens is 2. The van der Waals surface area contributed by atoms with Crippen molar-refractivity contribution >= 4 is 5.91 Å². The minimum absolute atomic E-state index is 0.240. The molecule has 0 bridgehead atoms. The molecule has 0 radical (unpaired) electrons. The van der Waals surface area contributed by atoms with Gasteiger partial charge in [0.25, 0.3) is 5.91 Å². The molecule has 6 heteroatoms. The van der Waals surface area contributed by atoms with Crippen molar-refractivity contribution in [2.45, 2.75) is 58.3 Å². The second kappa shape index (κ2) is 9.22. The first kappa shape index (κ1) is 20.3. The van der Waals surface area contributed by atoms with E-state index in [4.69, 9.17) is 4.42 Å². The summed E-state index contributed by atoms with van der Waals surface area (Å²) in [6.45, 7) is 6.28. The first-order chi connectivity index (χ1) is 14.6. The fourth-order valence-electron chi connectivity index (χ4n) is 3.43. The predicted octanol–water partition coefficient (Wildman–Crippen LogP) is 4.29. The SMILES string of the molecule is CC(C)c1ccc(CN(Cc2nc(C(=O)NCc3cccnc3)co2)C2CC2)cc1. The van der Waals surface area contributed by atoms with Crippen molar-refractivity contribution in [3.05, 3.63) is 83.3 Å². The van der Waals surface area contributed by atoms with E-state index in [2.05, 4.69) is 58.3 Å². The number of oxazole rings is 1. The van der Waals surface area contributed by atoms with Crippen LogP contribution in [0.15, 0.2) is 59.5 Å². The molecule has 1 aliphatic carbocycles. The fraction of sp³-hybridized carbons (Fsp3) is 0.375. The maximum atomic E-state index is 12.4. The predicted molar refractivity (Wildman–Crippen MR) is 115 cm³/mol. The minimum Gasteiger partial charge on any atom is -0.447 e. The smallest absolute Gasteiger partial charge is 0.273 e. The Bertz CT molecular complexity index is 962. The number of rotatable bonds is 9. The number of hydrogen-bond acceptors (Lipinski definition) is 5. The molecule has 1 N–H and O–H groups in total. The van der Waals surface area contributed by atoms with E-state index in [1.807, 2.05) is 12.1 Å². The van der Waals surface area contributed by atoms with Crippen LogP contribution in [0.1, 0.15) is 65.7 Å². The van der Waals surface area contributed by atoms with Crippen LogP contribution >= 0.6 is 0 Å². The lowest BCUT2D eigenvalue weighted by atomic mass is 10.0. The van der Waals surface area contributed by atoms with Crippen LogP contribution in [0.5, 0.6) is 0 Å². The van der Waals surface area contributed by atoms with E-state index in [9.17, 15) is 4.79 Å². The van der Waals surface area contributed by atoms with Gasteiger partial charge < -0.3 is 9.73 Å². The quantitative estimate of drug-likeness (QED) is 0.576. The third-order valence-corrected chi connectivity index (χ3v) is 5.39. The van der Waals surface area contributed by atoms with E-state index in [-0.39, 0.29) is 5.91 Å². The van der Waals surface area contributed by atoms with Crippen molar-refractivity contribution in [3.63, 3.8) is 0 Å². The zero-order valence-corrected chi connectivity index (χ0v) is 17.5. The zero-order chi connectivity index (χ0) is 20.9. The van der Waals surface area contributed by atoms with Crippen LogP contribution in [0.4, 0.5) is 0 Å². The van der Waals surface area contributed by atoms with Gasteiger partial charge in [0.05, 0.1) is 6.54 Å². The lowest BCUT2D eigenvalue weighted by Crippen LogP contribution is -2.26. The van der Waals surface area contributed by atoms with Crippen LogP contribution in [-0.4, -0.2) is 26.8 Å². The number of amides is 1. The molecule has 0 unspecified atom stereocenters. The van der Waals surface area contributed by atoms with Gasteiger partial charge in [0.15, 0.2) is 5.69 Å². The van der Waals surface area contributed by atoms with Gasteiger partial charge in [-0.25, -0.2) is 4.98 Å². The number of benzene rings is 1. The van der Waals surface area contributed by atoms with Crippen molar-refractivity contribution in [3.8, 4) is 0 Å². The topological polar surface area (TPSA) is 71.3 Å². The van der Waals surface area contributed by atoms with Crippen LogP contribution in [0, 0.1) is 0 Å². The molecule has 0 aliphatic heterocycles. The van der Waals surface area contributed by atoms with E-state index < -0.39 is 0 Å². The van der Waals surface area contributed by atoms with Crippen LogP contribution in [0.25, 0.3) is 0 Å². The molecule has 1 aromatic carbocycles. The van der Waals surface area contributed by atoms with Gasteiger partial charge in [-0.3, -0.25) is 14.7 Å². The summed E-state index contributed by atoms with van der Waals surface area (Å²) < 4.78 is 5.61. The largest absolute Gasteiger partial charge is 0.447 e. The summed E-state index contributed by atoms with van der Waals surface area (Å²) in [4.78, 5) is 23.2. The first-order valence-electron chi connectivity index (χ1n) is 10.5. The average molecular weight is 405 g/mol. The van der Waals surface area contributed by atoms with Crippen LogP contribution in [-0.2, 0) is 19.6 Å². The summed E-state index contributed by atoms with van der Waals surface area (Å²) in [5.74, 6) is 0.872. The molecule has 4 rings (SSSR count). The maximum Gasteiger partial charge on any atom is 0.273 e. The highest BCUT2D eigenvalue weighted by Gasteiger charge is 2.30. The Morgan fingerprint density at radius 3 is 2.63 bits per heavy atom. The summed E-state index contributed by atoms with van der Waals surface area (Å²) in [5, 5.41) is 2.86. The third kappa shape index (κ3) is 5.33. The molecule has 0 saturated heterocycles. The van der Waals surface area contributed by atoms with E-state index in [0.29, 0.717) is 36.6 Å². The minimum atomic E-state index is -0.240. The Balaban J connectivity index is 1.35. The fourth-order valence-corrected chi connectivity index (χ4v) is 3.43. The molecule has 156 valence electrons. The van der Waals surface area contributed by atoms with Gasteiger partial charge in [-0.05, 0) is 41.5 Å². The molecule has 0 spiro atoms. The molecular formula is C24H28N4O2. The Hall–Kier alpha value is -2.99. The summed E-state index contributed by atoms with van der Waals surface area (Å²) in [6.07, 6.45) is 7.28. The van der Waals surface area contributed by atoms with Gasteiger partial charge in [0.2, 0.25) is 5.89 Å². The molecule has 1 amide bonds. The van der Waals surface area contributed by atoms with Gasteiger partial charge in [0.1, 0.15) is 6.26 Å². The molecule has 3 aromatic rings. The highest BCUT2D eigenvalue weighted by Crippen LogP contribution is 2.30. The van der Waals surface area contributed by atoms with Crippen molar-refractivity contribution in [1.82, 2.24) is 20.2 Å². The summed E-state index contributed by atoms with van der Waals surface area (Å²) in [6, 6.07) is 13.2. The Morgan fingerprint density at radius 1 is 1.17 bits per heavy atom. The van der Waals surface area contributed by atoms with Crippen LogP contribution < -0.4 is 5.32 Å². The highest BCUT2D eigenvalue weighted by atomic mass is 16.3. The first-order valence-corrected chi connectivity index (χ1v) is 10.5. The molecule has 30 heavy (non-hydrogen) atoms. The number of carbonyl (C=O) groups excluding carboxylic acids is 1. The van der Waals surface area contributed by atoms with Crippen molar-refractivity contribution in [2.75, 3.05) is 0 Å². The molecular weight excluding hydrogens is 376 g/mol. The van der Waals surface area contributed by atoms with Gasteiger partial charge in [-0.15, -0.1) is 0 Å². The number of nitrogens with zero attached hydrogens (tertiary/aromatic N) is 3. The molecule has 1 aliphatic rings. The molecule has 1 fully saturated rings. The number of hydrogen-bond donors (Lipinski definition) is 1. The van der Waals surface area contributed by atoms with Gasteiger partial charge in [-0.2, -0.15) is 0 Å². The molecule has 6 nitrogen and oxygen atoms in total. The molecule has 1 saturated carbocycles. The molecule has 2 aromatic heterocycles. The summed E-state index contributed by atoms with van der Waals surface area (Å²) in [7, 11) is 0. The summed E-state index contributed by atoms with van der Waals surface area (Å²) in [5.41, 5.74) is 3.89. The van der Waals surface area contributed by atoms with E-state index >= 15 is 0 Å². The normalized spacial score (nSPS) is 13.7. The third-order valence-electron chi connectivity index (χ3n) is 5.39. The zero-order valence-electron chi connectivity index (χ0n) is 17.5.